The molecule has 5 heteroatoms. The third-order valence-corrected chi connectivity index (χ3v) is 2.87. The molecule has 0 bridgehead atoms. The molecule has 0 atom stereocenters. The lowest BCUT2D eigenvalue weighted by Gasteiger charge is -2.37. The number of hydrogen-bond donors (Lipinski definition) is 1. The standard InChI is InChI=1S/C11H17N3O2/c1-3-4-14(9-6-12-7-9)11(15)10-8(2)5-13-16-10/h5,9,12H,3-4,6-7H2,1-2H3. The van der Waals surface area contributed by atoms with E-state index in [-0.39, 0.29) is 5.91 Å². The van der Waals surface area contributed by atoms with Gasteiger partial charge in [0.25, 0.3) is 5.91 Å². The highest BCUT2D eigenvalue weighted by molar-refractivity contribution is 5.93. The summed E-state index contributed by atoms with van der Waals surface area (Å²) in [4.78, 5) is 14.1. The number of rotatable bonds is 4. The highest BCUT2D eigenvalue weighted by atomic mass is 16.5. The SMILES string of the molecule is CCCN(C(=O)c1oncc1C)C1CNC1. The topological polar surface area (TPSA) is 58.4 Å². The lowest BCUT2D eigenvalue weighted by atomic mass is 10.1. The van der Waals surface area contributed by atoms with Crippen molar-refractivity contribution in [2.45, 2.75) is 26.3 Å². The van der Waals surface area contributed by atoms with Crippen LogP contribution in [0.25, 0.3) is 0 Å². The second-order valence-corrected chi connectivity index (χ2v) is 4.15. The highest BCUT2D eigenvalue weighted by Crippen LogP contribution is 2.14. The minimum absolute atomic E-state index is 0.0386. The smallest absolute Gasteiger partial charge is 0.293 e. The van der Waals surface area contributed by atoms with Crippen LogP contribution in [0, 0.1) is 6.92 Å². The number of aromatic nitrogens is 1. The summed E-state index contributed by atoms with van der Waals surface area (Å²) in [6.45, 7) is 6.43. The number of amides is 1. The Hall–Kier alpha value is -1.36. The first-order valence-electron chi connectivity index (χ1n) is 5.67. The number of carbonyl (C=O) groups excluding carboxylic acids is 1. The van der Waals surface area contributed by atoms with Gasteiger partial charge in [-0.25, -0.2) is 0 Å². The third-order valence-electron chi connectivity index (χ3n) is 2.87. The van der Waals surface area contributed by atoms with Gasteiger partial charge >= 0.3 is 0 Å². The Kier molecular flexibility index (Phi) is 3.24. The van der Waals surface area contributed by atoms with E-state index in [2.05, 4.69) is 17.4 Å². The molecule has 1 N–H and O–H groups in total. The van der Waals surface area contributed by atoms with Crippen molar-refractivity contribution in [3.05, 3.63) is 17.5 Å². The fourth-order valence-corrected chi connectivity index (χ4v) is 1.81. The zero-order valence-electron chi connectivity index (χ0n) is 9.69. The van der Waals surface area contributed by atoms with Crippen molar-refractivity contribution < 1.29 is 9.32 Å². The first-order valence-corrected chi connectivity index (χ1v) is 5.67. The van der Waals surface area contributed by atoms with Gasteiger partial charge in [-0.2, -0.15) is 0 Å². The molecule has 0 radical (unpaired) electrons. The van der Waals surface area contributed by atoms with E-state index in [4.69, 9.17) is 4.52 Å². The average Bonchev–Trinajstić information content (AvgIpc) is 2.60. The Morgan fingerprint density at radius 3 is 2.88 bits per heavy atom. The normalized spacial score (nSPS) is 15.9. The molecule has 0 unspecified atom stereocenters. The van der Waals surface area contributed by atoms with E-state index in [9.17, 15) is 4.79 Å². The van der Waals surface area contributed by atoms with Gasteiger partial charge in [0.1, 0.15) is 0 Å². The van der Waals surface area contributed by atoms with Crippen LogP contribution in [0.15, 0.2) is 10.7 Å². The number of aryl methyl sites for hydroxylation is 1. The Balaban J connectivity index is 2.13. The molecule has 1 saturated heterocycles. The third kappa shape index (κ3) is 1.95. The van der Waals surface area contributed by atoms with E-state index in [1.165, 1.54) is 0 Å². The highest BCUT2D eigenvalue weighted by Gasteiger charge is 2.31. The van der Waals surface area contributed by atoms with Crippen LogP contribution in [0.5, 0.6) is 0 Å². The van der Waals surface area contributed by atoms with Gasteiger partial charge in [-0.15, -0.1) is 0 Å². The van der Waals surface area contributed by atoms with Crippen LogP contribution >= 0.6 is 0 Å². The van der Waals surface area contributed by atoms with Crippen LogP contribution in [0.1, 0.15) is 29.5 Å². The van der Waals surface area contributed by atoms with Gasteiger partial charge < -0.3 is 14.7 Å². The van der Waals surface area contributed by atoms with Crippen molar-refractivity contribution >= 4 is 5.91 Å². The fourth-order valence-electron chi connectivity index (χ4n) is 1.81. The first-order chi connectivity index (χ1) is 7.74. The summed E-state index contributed by atoms with van der Waals surface area (Å²) in [5.41, 5.74) is 0.804. The quantitative estimate of drug-likeness (QED) is 0.820. The van der Waals surface area contributed by atoms with Crippen molar-refractivity contribution in [3.8, 4) is 0 Å². The molecule has 1 aliphatic heterocycles. The molecule has 1 aliphatic rings. The molecule has 1 aromatic heterocycles. The molecule has 88 valence electrons. The van der Waals surface area contributed by atoms with Crippen LogP contribution in [-0.2, 0) is 0 Å². The van der Waals surface area contributed by atoms with Crippen molar-refractivity contribution in [2.24, 2.45) is 0 Å². The number of nitrogens with zero attached hydrogens (tertiary/aromatic N) is 2. The molecule has 0 aliphatic carbocycles. The zero-order valence-corrected chi connectivity index (χ0v) is 9.69. The van der Waals surface area contributed by atoms with Gasteiger partial charge in [-0.3, -0.25) is 4.79 Å². The van der Waals surface area contributed by atoms with Crippen molar-refractivity contribution in [1.82, 2.24) is 15.4 Å². The lowest BCUT2D eigenvalue weighted by molar-refractivity contribution is 0.0573. The molecule has 0 spiro atoms. The van der Waals surface area contributed by atoms with E-state index < -0.39 is 0 Å². The van der Waals surface area contributed by atoms with E-state index in [1.807, 2.05) is 11.8 Å². The lowest BCUT2D eigenvalue weighted by Crippen LogP contribution is -2.59. The molecule has 2 rings (SSSR count). The molecule has 2 heterocycles. The summed E-state index contributed by atoms with van der Waals surface area (Å²) >= 11 is 0. The molecular weight excluding hydrogens is 206 g/mol. The van der Waals surface area contributed by atoms with Gasteiger partial charge in [0.15, 0.2) is 0 Å². The van der Waals surface area contributed by atoms with Gasteiger partial charge in [0.2, 0.25) is 5.76 Å². The van der Waals surface area contributed by atoms with E-state index >= 15 is 0 Å². The number of hydrogen-bond acceptors (Lipinski definition) is 4. The minimum atomic E-state index is -0.0386. The summed E-state index contributed by atoms with van der Waals surface area (Å²) in [6.07, 6.45) is 2.53. The van der Waals surface area contributed by atoms with Gasteiger partial charge in [-0.05, 0) is 13.3 Å². The van der Waals surface area contributed by atoms with E-state index in [0.717, 1.165) is 31.6 Å². The van der Waals surface area contributed by atoms with Crippen molar-refractivity contribution in [1.29, 1.82) is 0 Å². The average molecular weight is 223 g/mol. The molecule has 0 saturated carbocycles. The maximum Gasteiger partial charge on any atom is 0.293 e. The summed E-state index contributed by atoms with van der Waals surface area (Å²) < 4.78 is 5.01. The van der Waals surface area contributed by atoms with Crippen LogP contribution in [0.4, 0.5) is 0 Å². The molecule has 0 aromatic carbocycles. The van der Waals surface area contributed by atoms with Gasteiger partial charge in [0.05, 0.1) is 12.2 Å². The Morgan fingerprint density at radius 2 is 2.44 bits per heavy atom. The van der Waals surface area contributed by atoms with Crippen molar-refractivity contribution in [2.75, 3.05) is 19.6 Å². The molecule has 16 heavy (non-hydrogen) atoms. The van der Waals surface area contributed by atoms with Crippen LogP contribution in [-0.4, -0.2) is 41.6 Å². The second kappa shape index (κ2) is 4.65. The molecular formula is C11H17N3O2. The molecule has 1 aromatic rings. The Morgan fingerprint density at radius 1 is 1.69 bits per heavy atom. The summed E-state index contributed by atoms with van der Waals surface area (Å²) in [6, 6.07) is 0.303. The Labute approximate surface area is 94.8 Å². The predicted octanol–water partition coefficient (Wildman–Crippen LogP) is 0.807. The number of nitrogens with one attached hydrogen (secondary N) is 1. The van der Waals surface area contributed by atoms with Crippen LogP contribution < -0.4 is 5.32 Å². The Bertz CT molecular complexity index is 371. The second-order valence-electron chi connectivity index (χ2n) is 4.15. The molecule has 1 fully saturated rings. The summed E-state index contributed by atoms with van der Waals surface area (Å²) in [7, 11) is 0. The predicted molar refractivity (Wildman–Crippen MR) is 59.2 cm³/mol. The minimum Gasteiger partial charge on any atom is -0.351 e. The van der Waals surface area contributed by atoms with Crippen LogP contribution in [0.2, 0.25) is 0 Å². The molecule has 5 nitrogen and oxygen atoms in total. The summed E-state index contributed by atoms with van der Waals surface area (Å²) in [5, 5.41) is 6.83. The monoisotopic (exact) mass is 223 g/mol. The maximum absolute atomic E-state index is 12.2. The van der Waals surface area contributed by atoms with Gasteiger partial charge in [0, 0.05) is 25.2 Å². The maximum atomic E-state index is 12.2. The fraction of sp³-hybridized carbons (Fsp3) is 0.636. The first kappa shape index (κ1) is 11.1. The van der Waals surface area contributed by atoms with Gasteiger partial charge in [-0.1, -0.05) is 12.1 Å². The zero-order chi connectivity index (χ0) is 11.5. The van der Waals surface area contributed by atoms with Crippen LogP contribution in [0.3, 0.4) is 0 Å². The largest absolute Gasteiger partial charge is 0.351 e. The van der Waals surface area contributed by atoms with E-state index in [1.54, 1.807) is 6.20 Å². The number of carbonyl (C=O) groups is 1. The summed E-state index contributed by atoms with van der Waals surface area (Å²) in [5.74, 6) is 0.337. The van der Waals surface area contributed by atoms with Crippen molar-refractivity contribution in [3.63, 3.8) is 0 Å². The van der Waals surface area contributed by atoms with E-state index in [0.29, 0.717) is 11.8 Å². The molecule has 1 amide bonds.